The van der Waals surface area contributed by atoms with Gasteiger partial charge in [-0.1, -0.05) is 18.2 Å². The first kappa shape index (κ1) is 31.9. The predicted molar refractivity (Wildman–Crippen MR) is 168 cm³/mol. The molecule has 1 aromatic heterocycles. The van der Waals surface area contributed by atoms with Crippen molar-refractivity contribution in [1.29, 1.82) is 0 Å². The van der Waals surface area contributed by atoms with Gasteiger partial charge < -0.3 is 30.3 Å². The van der Waals surface area contributed by atoms with Crippen molar-refractivity contribution in [3.8, 4) is 0 Å². The highest BCUT2D eigenvalue weighted by Gasteiger charge is 2.74. The largest absolute Gasteiger partial charge is 0.444 e. The van der Waals surface area contributed by atoms with Crippen molar-refractivity contribution in [2.45, 2.75) is 85.0 Å². The third-order valence-electron chi connectivity index (χ3n) is 8.14. The minimum atomic E-state index is -0.567. The first-order chi connectivity index (χ1) is 21.0. The van der Waals surface area contributed by atoms with Crippen LogP contribution in [0.1, 0.15) is 78.5 Å². The van der Waals surface area contributed by atoms with Crippen molar-refractivity contribution in [3.63, 3.8) is 0 Å². The van der Waals surface area contributed by atoms with E-state index in [0.717, 1.165) is 11.1 Å². The lowest BCUT2D eigenvalue weighted by Gasteiger charge is -2.67. The van der Waals surface area contributed by atoms with Gasteiger partial charge in [0.2, 0.25) is 11.8 Å². The van der Waals surface area contributed by atoms with Crippen LogP contribution in [0.4, 0.5) is 21.1 Å². The molecule has 3 N–H and O–H groups in total. The quantitative estimate of drug-likeness (QED) is 0.379. The van der Waals surface area contributed by atoms with Crippen molar-refractivity contribution in [1.82, 2.24) is 20.4 Å². The summed E-state index contributed by atoms with van der Waals surface area (Å²) in [5.41, 5.74) is 1.00. The molecular weight excluding hydrogens is 576 g/mol. The first-order valence-corrected chi connectivity index (χ1v) is 15.2. The van der Waals surface area contributed by atoms with Crippen molar-refractivity contribution in [2.24, 2.45) is 10.8 Å². The lowest BCUT2D eigenvalue weighted by molar-refractivity contribution is -0.201. The summed E-state index contributed by atoms with van der Waals surface area (Å²) < 4.78 is 10.7. The maximum atomic E-state index is 13.1. The molecule has 3 fully saturated rings. The number of hydrogen-bond donors (Lipinski definition) is 3. The van der Waals surface area contributed by atoms with Crippen molar-refractivity contribution in [2.75, 3.05) is 23.7 Å². The van der Waals surface area contributed by atoms with E-state index >= 15 is 0 Å². The third kappa shape index (κ3) is 7.43. The van der Waals surface area contributed by atoms with E-state index in [1.807, 2.05) is 45.0 Å². The van der Waals surface area contributed by atoms with Crippen LogP contribution in [-0.2, 0) is 25.6 Å². The molecule has 6 rings (SSSR count). The molecule has 4 amide bonds. The van der Waals surface area contributed by atoms with E-state index in [0.29, 0.717) is 62.5 Å². The summed E-state index contributed by atoms with van der Waals surface area (Å²) in [6, 6.07) is 10.8. The Kier molecular flexibility index (Phi) is 8.37. The van der Waals surface area contributed by atoms with E-state index in [2.05, 4.69) is 26.1 Å². The Morgan fingerprint density at radius 3 is 1.98 bits per heavy atom. The molecule has 0 atom stereocenters. The highest BCUT2D eigenvalue weighted by atomic mass is 16.6. The number of ether oxygens (including phenoxy) is 2. The van der Waals surface area contributed by atoms with Crippen molar-refractivity contribution < 1.29 is 28.7 Å². The van der Waals surface area contributed by atoms with Gasteiger partial charge in [-0.3, -0.25) is 9.59 Å². The fourth-order valence-electron chi connectivity index (χ4n) is 5.94. The summed E-state index contributed by atoms with van der Waals surface area (Å²) in [5, 5.41) is 17.0. The Bertz CT molecular complexity index is 1480. The number of nitrogens with zero attached hydrogens (tertiary/aromatic N) is 3. The lowest BCUT2D eigenvalue weighted by Crippen LogP contribution is -2.70. The molecule has 3 aliphatic carbocycles. The number of anilines is 2. The molecule has 240 valence electrons. The zero-order chi connectivity index (χ0) is 32.6. The number of carbonyl (C=O) groups excluding carboxylic acids is 4. The number of hydrogen-bond acceptors (Lipinski definition) is 8. The number of amides is 4. The summed E-state index contributed by atoms with van der Waals surface area (Å²) in [7, 11) is 0. The summed E-state index contributed by atoms with van der Waals surface area (Å²) in [6.45, 7) is 12.2. The highest BCUT2D eigenvalue weighted by molar-refractivity contribution is 6.05. The topological polar surface area (TPSA) is 152 Å². The summed E-state index contributed by atoms with van der Waals surface area (Å²) in [5.74, 6) is 0.123. The first-order valence-electron chi connectivity index (χ1n) is 15.2. The van der Waals surface area contributed by atoms with Gasteiger partial charge in [0.05, 0.1) is 16.5 Å². The molecule has 2 bridgehead atoms. The summed E-state index contributed by atoms with van der Waals surface area (Å²) in [6.07, 6.45) is 3.21. The van der Waals surface area contributed by atoms with Gasteiger partial charge in [-0.25, -0.2) is 9.59 Å². The zero-order valence-electron chi connectivity index (χ0n) is 26.8. The Hall–Kier alpha value is -4.48. The van der Waals surface area contributed by atoms with Crippen LogP contribution in [-0.4, -0.2) is 63.4 Å². The number of rotatable bonds is 7. The van der Waals surface area contributed by atoms with Gasteiger partial charge >= 0.3 is 12.2 Å². The van der Waals surface area contributed by atoms with Crippen molar-refractivity contribution in [3.05, 3.63) is 53.7 Å². The Balaban J connectivity index is 1.06. The lowest BCUT2D eigenvalue weighted by atomic mass is 9.34. The smallest absolute Gasteiger partial charge is 0.410 e. The molecule has 12 nitrogen and oxygen atoms in total. The maximum absolute atomic E-state index is 13.1. The molecule has 1 aromatic carbocycles. The average molecular weight is 619 g/mol. The van der Waals surface area contributed by atoms with Crippen LogP contribution in [0.2, 0.25) is 0 Å². The number of aromatic nitrogens is 2. The predicted octanol–water partition coefficient (Wildman–Crippen LogP) is 5.27. The molecule has 0 unspecified atom stereocenters. The molecule has 4 aliphatic rings. The van der Waals surface area contributed by atoms with Crippen LogP contribution in [0.3, 0.4) is 0 Å². The van der Waals surface area contributed by atoms with Gasteiger partial charge in [-0.15, -0.1) is 10.2 Å². The molecule has 0 radical (unpaired) electrons. The third-order valence-corrected chi connectivity index (χ3v) is 8.14. The normalized spacial score (nSPS) is 22.2. The molecule has 0 spiro atoms. The Morgan fingerprint density at radius 1 is 0.822 bits per heavy atom. The Morgan fingerprint density at radius 2 is 1.44 bits per heavy atom. The SMILES string of the molecule is CC(C)(C)OC(=O)NCc1ccc(NC(=O)C23CC(C(=O)Nc4ccc(C5=CCN(C(=O)OC(C)(C)C)CC5)nn4)(C2)C3)cc1. The summed E-state index contributed by atoms with van der Waals surface area (Å²) >= 11 is 0. The van der Waals surface area contributed by atoms with E-state index in [1.165, 1.54) is 0 Å². The molecule has 1 aliphatic heterocycles. The van der Waals surface area contributed by atoms with E-state index in [9.17, 15) is 19.2 Å². The van der Waals surface area contributed by atoms with Gasteiger partial charge in [0.1, 0.15) is 11.2 Å². The monoisotopic (exact) mass is 618 g/mol. The zero-order valence-corrected chi connectivity index (χ0v) is 26.8. The van der Waals surface area contributed by atoms with E-state index < -0.39 is 28.1 Å². The number of alkyl carbamates (subject to hydrolysis) is 1. The maximum Gasteiger partial charge on any atom is 0.410 e. The van der Waals surface area contributed by atoms with Crippen molar-refractivity contribution >= 4 is 41.1 Å². The molecule has 2 heterocycles. The molecule has 2 aromatic rings. The Labute approximate surface area is 263 Å². The van der Waals surface area contributed by atoms with Crippen LogP contribution in [0, 0.1) is 10.8 Å². The second-order valence-electron chi connectivity index (χ2n) is 14.3. The van der Waals surface area contributed by atoms with Gasteiger partial charge in [0.15, 0.2) is 5.82 Å². The van der Waals surface area contributed by atoms with Gasteiger partial charge in [-0.05, 0) is 103 Å². The second-order valence-corrected chi connectivity index (χ2v) is 14.3. The van der Waals surface area contributed by atoms with E-state index in [1.54, 1.807) is 43.9 Å². The van der Waals surface area contributed by atoms with Gasteiger partial charge in [-0.2, -0.15) is 0 Å². The van der Waals surface area contributed by atoms with Crippen LogP contribution >= 0.6 is 0 Å². The van der Waals surface area contributed by atoms with Gasteiger partial charge in [0, 0.05) is 25.3 Å². The average Bonchev–Trinajstić information content (AvgIpc) is 2.90. The summed E-state index contributed by atoms with van der Waals surface area (Å²) in [4.78, 5) is 51.9. The van der Waals surface area contributed by atoms with Gasteiger partial charge in [0.25, 0.3) is 0 Å². The number of benzene rings is 1. The van der Waals surface area contributed by atoms with Crippen LogP contribution in [0.25, 0.3) is 5.57 Å². The minimum absolute atomic E-state index is 0.0908. The molecule has 3 saturated carbocycles. The van der Waals surface area contributed by atoms with E-state index in [-0.39, 0.29) is 17.9 Å². The molecular formula is C33H42N6O6. The molecule has 0 saturated heterocycles. The number of carbonyl (C=O) groups is 4. The number of nitrogens with one attached hydrogen (secondary N) is 3. The van der Waals surface area contributed by atoms with Crippen LogP contribution in [0.15, 0.2) is 42.5 Å². The van der Waals surface area contributed by atoms with Crippen LogP contribution < -0.4 is 16.0 Å². The minimum Gasteiger partial charge on any atom is -0.444 e. The molecule has 12 heteroatoms. The van der Waals surface area contributed by atoms with E-state index in [4.69, 9.17) is 9.47 Å². The highest BCUT2D eigenvalue weighted by Crippen LogP contribution is 2.73. The molecule has 45 heavy (non-hydrogen) atoms. The van der Waals surface area contributed by atoms with Crippen LogP contribution in [0.5, 0.6) is 0 Å². The fraction of sp³-hybridized carbons (Fsp3) is 0.515. The standard InChI is InChI=1S/C33H42N6O6/c1-30(2,3)44-28(42)34-17-21-7-9-23(10-8-21)35-26(40)32-18-33(19-32,20-32)27(41)36-25-12-11-24(37-38-25)22-13-15-39(16-14-22)29(43)45-31(4,5)6/h7-13H,14-20H2,1-6H3,(H,34,42)(H,35,40)(H,36,38,41). The second kappa shape index (κ2) is 11.8. The fourth-order valence-corrected chi connectivity index (χ4v) is 5.94.